The molecule has 0 saturated carbocycles. The third kappa shape index (κ3) is 6.66. The number of rotatable bonds is 9. The minimum Gasteiger partial charge on any atom is -0.445 e. The van der Waals surface area contributed by atoms with E-state index in [1.54, 1.807) is 36.4 Å². The van der Waals surface area contributed by atoms with Gasteiger partial charge in [-0.3, -0.25) is 15.3 Å². The van der Waals surface area contributed by atoms with E-state index in [4.69, 9.17) is 4.74 Å². The molecule has 0 radical (unpaired) electrons. The maximum Gasteiger partial charge on any atom is 0.408 e. The molecule has 1 heterocycles. The fraction of sp³-hybridized carbons (Fsp3) is 0.150. The van der Waals surface area contributed by atoms with E-state index in [2.05, 4.69) is 20.9 Å². The van der Waals surface area contributed by atoms with Crippen LogP contribution < -0.4 is 15.6 Å². The largest absolute Gasteiger partial charge is 0.445 e. The SMILES string of the molecule is O=C(N[C@@H](Cc1ccccc1)C(=O)NNS(=O)(=O)c1cn[nH]c1)OCc1ccccc1. The van der Waals surface area contributed by atoms with E-state index in [1.807, 2.05) is 29.1 Å². The number of ether oxygens (including phenoxy) is 1. The van der Waals surface area contributed by atoms with Crippen LogP contribution in [0.5, 0.6) is 0 Å². The molecular formula is C20H21N5O5S. The topological polar surface area (TPSA) is 142 Å². The lowest BCUT2D eigenvalue weighted by atomic mass is 10.1. The van der Waals surface area contributed by atoms with E-state index < -0.39 is 28.1 Å². The summed E-state index contributed by atoms with van der Waals surface area (Å²) in [5.74, 6) is -0.757. The molecule has 0 aliphatic carbocycles. The monoisotopic (exact) mass is 443 g/mol. The van der Waals surface area contributed by atoms with E-state index in [0.717, 1.165) is 23.5 Å². The van der Waals surface area contributed by atoms with Gasteiger partial charge in [-0.15, -0.1) is 4.83 Å². The van der Waals surface area contributed by atoms with Gasteiger partial charge in [-0.05, 0) is 11.1 Å². The third-order valence-electron chi connectivity index (χ3n) is 4.20. The van der Waals surface area contributed by atoms with E-state index in [9.17, 15) is 18.0 Å². The fourth-order valence-electron chi connectivity index (χ4n) is 2.62. The van der Waals surface area contributed by atoms with Crippen LogP contribution in [0.25, 0.3) is 0 Å². The average Bonchev–Trinajstić information content (AvgIpc) is 3.33. The Morgan fingerprint density at radius 3 is 2.26 bits per heavy atom. The van der Waals surface area contributed by atoms with Crippen LogP contribution in [0.2, 0.25) is 0 Å². The van der Waals surface area contributed by atoms with Crippen LogP contribution in [0.3, 0.4) is 0 Å². The number of aromatic amines is 1. The van der Waals surface area contributed by atoms with Crippen molar-refractivity contribution >= 4 is 22.0 Å². The van der Waals surface area contributed by atoms with Gasteiger partial charge in [-0.1, -0.05) is 60.7 Å². The van der Waals surface area contributed by atoms with Gasteiger partial charge in [0.2, 0.25) is 0 Å². The first-order chi connectivity index (χ1) is 14.9. The number of alkyl carbamates (subject to hydrolysis) is 1. The molecular weight excluding hydrogens is 422 g/mol. The van der Waals surface area contributed by atoms with Gasteiger partial charge < -0.3 is 10.1 Å². The average molecular weight is 443 g/mol. The van der Waals surface area contributed by atoms with Crippen molar-refractivity contribution in [1.29, 1.82) is 0 Å². The Balaban J connectivity index is 1.63. The summed E-state index contributed by atoms with van der Waals surface area (Å²) in [5, 5.41) is 8.42. The molecule has 0 aliphatic heterocycles. The molecule has 31 heavy (non-hydrogen) atoms. The van der Waals surface area contributed by atoms with Gasteiger partial charge >= 0.3 is 6.09 Å². The zero-order chi connectivity index (χ0) is 22.1. The Morgan fingerprint density at radius 2 is 1.65 bits per heavy atom. The number of hydrogen-bond donors (Lipinski definition) is 4. The highest BCUT2D eigenvalue weighted by Gasteiger charge is 2.24. The number of hydrazine groups is 1. The lowest BCUT2D eigenvalue weighted by Crippen LogP contribution is -2.53. The Morgan fingerprint density at radius 1 is 1.00 bits per heavy atom. The number of amides is 2. The van der Waals surface area contributed by atoms with Gasteiger partial charge in [0, 0.05) is 12.6 Å². The maximum atomic E-state index is 12.6. The van der Waals surface area contributed by atoms with Crippen molar-refractivity contribution in [3.8, 4) is 0 Å². The molecule has 11 heteroatoms. The number of aromatic nitrogens is 2. The quantitative estimate of drug-likeness (QED) is 0.367. The molecule has 0 spiro atoms. The minimum atomic E-state index is -4.01. The van der Waals surface area contributed by atoms with E-state index in [-0.39, 0.29) is 17.9 Å². The standard InChI is InChI=1S/C20H21N5O5S/c26-19(24-25-31(28,29)17-12-21-22-13-17)18(11-15-7-3-1-4-8-15)23-20(27)30-14-16-9-5-2-6-10-16/h1-10,12-13,18,25H,11,14H2,(H,21,22)(H,23,27)(H,24,26)/t18-/m0/s1. The summed E-state index contributed by atoms with van der Waals surface area (Å²) in [6, 6.07) is 16.9. The Hall–Kier alpha value is -3.70. The number of H-pyrrole nitrogens is 1. The first-order valence-electron chi connectivity index (χ1n) is 9.25. The van der Waals surface area contributed by atoms with Crippen LogP contribution in [0, 0.1) is 0 Å². The van der Waals surface area contributed by atoms with Gasteiger partial charge in [-0.25, -0.2) is 13.2 Å². The molecule has 0 bridgehead atoms. The van der Waals surface area contributed by atoms with Crippen LogP contribution in [0.1, 0.15) is 11.1 Å². The van der Waals surface area contributed by atoms with Crippen LogP contribution >= 0.6 is 0 Å². The predicted octanol–water partition coefficient (Wildman–Crippen LogP) is 1.26. The highest BCUT2D eigenvalue weighted by Crippen LogP contribution is 2.06. The molecule has 3 aromatic rings. The summed E-state index contributed by atoms with van der Waals surface area (Å²) in [6.45, 7) is 0.0273. The van der Waals surface area contributed by atoms with Gasteiger partial charge in [0.15, 0.2) is 0 Å². The van der Waals surface area contributed by atoms with E-state index in [0.29, 0.717) is 0 Å². The van der Waals surface area contributed by atoms with Gasteiger partial charge in [0.05, 0.1) is 6.20 Å². The molecule has 1 atom stereocenters. The van der Waals surface area contributed by atoms with Crippen molar-refractivity contribution in [3.05, 3.63) is 84.2 Å². The second kappa shape index (κ2) is 10.4. The smallest absolute Gasteiger partial charge is 0.408 e. The van der Waals surface area contributed by atoms with E-state index in [1.165, 1.54) is 0 Å². The van der Waals surface area contributed by atoms with Crippen LogP contribution in [0.4, 0.5) is 4.79 Å². The summed E-state index contributed by atoms with van der Waals surface area (Å²) in [6.07, 6.45) is 1.57. The van der Waals surface area contributed by atoms with Crippen molar-refractivity contribution in [1.82, 2.24) is 25.8 Å². The van der Waals surface area contributed by atoms with Gasteiger partial charge in [0.1, 0.15) is 17.5 Å². The number of carbonyl (C=O) groups excluding carboxylic acids is 2. The predicted molar refractivity (Wildman–Crippen MR) is 111 cm³/mol. The van der Waals surface area contributed by atoms with Crippen LogP contribution in [0.15, 0.2) is 78.0 Å². The highest BCUT2D eigenvalue weighted by molar-refractivity contribution is 7.89. The summed E-state index contributed by atoms with van der Waals surface area (Å²) in [5.41, 5.74) is 3.68. The molecule has 0 fully saturated rings. The minimum absolute atomic E-state index is 0.0273. The second-order valence-electron chi connectivity index (χ2n) is 6.48. The zero-order valence-corrected chi connectivity index (χ0v) is 17.1. The van der Waals surface area contributed by atoms with Gasteiger partial charge in [0.25, 0.3) is 15.9 Å². The normalized spacial score (nSPS) is 12.0. The molecule has 2 amide bonds. The molecule has 10 nitrogen and oxygen atoms in total. The number of nitrogens with one attached hydrogen (secondary N) is 4. The molecule has 4 N–H and O–H groups in total. The van der Waals surface area contributed by atoms with E-state index >= 15 is 0 Å². The molecule has 0 aliphatic rings. The molecule has 0 unspecified atom stereocenters. The molecule has 0 saturated heterocycles. The number of sulfonamides is 1. The Bertz CT molecular complexity index is 1090. The number of hydrogen-bond acceptors (Lipinski definition) is 6. The Labute approximate surface area is 179 Å². The summed E-state index contributed by atoms with van der Waals surface area (Å²) in [7, 11) is -4.01. The van der Waals surface area contributed by atoms with Crippen LogP contribution in [-0.4, -0.2) is 36.7 Å². The third-order valence-corrected chi connectivity index (χ3v) is 5.41. The molecule has 2 aromatic carbocycles. The number of nitrogens with zero attached hydrogens (tertiary/aromatic N) is 1. The summed E-state index contributed by atoms with van der Waals surface area (Å²) in [4.78, 5) is 26.7. The molecule has 1 aromatic heterocycles. The Kier molecular flexibility index (Phi) is 7.35. The van der Waals surface area contributed by atoms with Crippen molar-refractivity contribution in [2.45, 2.75) is 24.0 Å². The fourth-order valence-corrected chi connectivity index (χ4v) is 3.37. The van der Waals surface area contributed by atoms with Crippen molar-refractivity contribution in [2.75, 3.05) is 0 Å². The lowest BCUT2D eigenvalue weighted by molar-refractivity contribution is -0.123. The number of benzene rings is 2. The van der Waals surface area contributed by atoms with Crippen molar-refractivity contribution < 1.29 is 22.7 Å². The van der Waals surface area contributed by atoms with Gasteiger partial charge in [-0.2, -0.15) is 5.10 Å². The first kappa shape index (κ1) is 22.0. The lowest BCUT2D eigenvalue weighted by Gasteiger charge is -2.18. The number of carbonyl (C=O) groups is 2. The maximum absolute atomic E-state index is 12.6. The van der Waals surface area contributed by atoms with Crippen LogP contribution in [-0.2, 0) is 32.6 Å². The van der Waals surface area contributed by atoms with Crippen molar-refractivity contribution in [3.63, 3.8) is 0 Å². The zero-order valence-electron chi connectivity index (χ0n) is 16.3. The highest BCUT2D eigenvalue weighted by atomic mass is 32.2. The summed E-state index contributed by atoms with van der Waals surface area (Å²) >= 11 is 0. The molecule has 3 rings (SSSR count). The first-order valence-corrected chi connectivity index (χ1v) is 10.7. The summed E-state index contributed by atoms with van der Waals surface area (Å²) < 4.78 is 29.5. The molecule has 162 valence electrons. The second-order valence-corrected chi connectivity index (χ2v) is 8.16. The van der Waals surface area contributed by atoms with Crippen molar-refractivity contribution in [2.24, 2.45) is 0 Å².